The van der Waals surface area contributed by atoms with Crippen molar-refractivity contribution in [1.82, 2.24) is 0 Å². The van der Waals surface area contributed by atoms with Crippen molar-refractivity contribution in [3.8, 4) is 17.2 Å². The third kappa shape index (κ3) is 3.29. The Hall–Kier alpha value is -1.91. The van der Waals surface area contributed by atoms with E-state index >= 15 is 0 Å². The van der Waals surface area contributed by atoms with Crippen LogP contribution in [0.15, 0.2) is 12.1 Å². The first-order valence-corrected chi connectivity index (χ1v) is 5.76. The normalized spacial score (nSPS) is 9.94. The molecule has 100 valence electrons. The highest BCUT2D eigenvalue weighted by Crippen LogP contribution is 2.37. The summed E-state index contributed by atoms with van der Waals surface area (Å²) >= 11 is 0. The lowest BCUT2D eigenvalue weighted by atomic mass is 10.2. The van der Waals surface area contributed by atoms with Crippen LogP contribution in [0.5, 0.6) is 17.2 Å². The Kier molecular flexibility index (Phi) is 5.30. The van der Waals surface area contributed by atoms with Gasteiger partial charge in [-0.1, -0.05) is 13.3 Å². The molecular formula is C13H18O5. The van der Waals surface area contributed by atoms with E-state index in [1.807, 2.05) is 6.92 Å². The number of hydrogen-bond donors (Lipinski definition) is 1. The second kappa shape index (κ2) is 6.74. The van der Waals surface area contributed by atoms with E-state index in [0.29, 0.717) is 6.61 Å². The number of phenolic OH excluding ortho intramolecular Hbond substituents is 1. The average Bonchev–Trinajstić information content (AvgIpc) is 2.39. The molecule has 0 radical (unpaired) electrons. The Morgan fingerprint density at radius 3 is 2.22 bits per heavy atom. The Morgan fingerprint density at radius 2 is 1.78 bits per heavy atom. The maximum atomic E-state index is 11.8. The summed E-state index contributed by atoms with van der Waals surface area (Å²) in [5.74, 6) is -0.237. The molecule has 0 saturated heterocycles. The molecule has 1 rings (SSSR count). The van der Waals surface area contributed by atoms with Crippen LogP contribution in [-0.4, -0.2) is 31.9 Å². The molecule has 0 fully saturated rings. The average molecular weight is 254 g/mol. The van der Waals surface area contributed by atoms with Crippen LogP contribution < -0.4 is 9.47 Å². The van der Waals surface area contributed by atoms with Gasteiger partial charge in [-0.15, -0.1) is 0 Å². The van der Waals surface area contributed by atoms with E-state index < -0.39 is 5.97 Å². The first-order chi connectivity index (χ1) is 8.63. The number of rotatable bonds is 6. The molecule has 1 N–H and O–H groups in total. The summed E-state index contributed by atoms with van der Waals surface area (Å²) in [6, 6.07) is 2.85. The lowest BCUT2D eigenvalue weighted by molar-refractivity contribution is 0.0499. The summed E-state index contributed by atoms with van der Waals surface area (Å²) < 4.78 is 15.0. The van der Waals surface area contributed by atoms with E-state index in [-0.39, 0.29) is 22.8 Å². The molecule has 0 aliphatic heterocycles. The van der Waals surface area contributed by atoms with E-state index in [4.69, 9.17) is 14.2 Å². The summed E-state index contributed by atoms with van der Waals surface area (Å²) in [5, 5.41) is 9.71. The van der Waals surface area contributed by atoms with Crippen LogP contribution in [0.1, 0.15) is 30.1 Å². The van der Waals surface area contributed by atoms with E-state index in [9.17, 15) is 9.90 Å². The number of esters is 1. The molecule has 0 aliphatic carbocycles. The van der Waals surface area contributed by atoms with Gasteiger partial charge in [0.15, 0.2) is 11.5 Å². The molecule has 0 amide bonds. The Bertz CT molecular complexity index is 389. The van der Waals surface area contributed by atoms with Gasteiger partial charge in [-0.05, 0) is 18.6 Å². The summed E-state index contributed by atoms with van der Waals surface area (Å²) in [6.45, 7) is 2.39. The highest BCUT2D eigenvalue weighted by atomic mass is 16.5. The fourth-order valence-electron chi connectivity index (χ4n) is 1.40. The highest BCUT2D eigenvalue weighted by Gasteiger charge is 2.16. The number of aromatic hydroxyl groups is 1. The predicted octanol–water partition coefficient (Wildman–Crippen LogP) is 2.37. The molecule has 0 heterocycles. The van der Waals surface area contributed by atoms with Crippen LogP contribution in [-0.2, 0) is 4.74 Å². The predicted molar refractivity (Wildman–Crippen MR) is 66.4 cm³/mol. The molecule has 0 aromatic heterocycles. The van der Waals surface area contributed by atoms with Gasteiger partial charge in [0, 0.05) is 0 Å². The fourth-order valence-corrected chi connectivity index (χ4v) is 1.40. The van der Waals surface area contributed by atoms with Crippen LogP contribution in [0.3, 0.4) is 0 Å². The van der Waals surface area contributed by atoms with Crippen LogP contribution in [0.2, 0.25) is 0 Å². The molecule has 0 unspecified atom stereocenters. The zero-order valence-electron chi connectivity index (χ0n) is 10.9. The van der Waals surface area contributed by atoms with Crippen molar-refractivity contribution in [2.75, 3.05) is 20.8 Å². The number of ether oxygens (including phenoxy) is 3. The lowest BCUT2D eigenvalue weighted by Gasteiger charge is -2.11. The first-order valence-electron chi connectivity index (χ1n) is 5.76. The van der Waals surface area contributed by atoms with E-state index in [1.54, 1.807) is 0 Å². The number of phenols is 1. The van der Waals surface area contributed by atoms with Crippen molar-refractivity contribution in [3.63, 3.8) is 0 Å². The molecule has 0 aliphatic rings. The second-order valence-corrected chi connectivity index (χ2v) is 3.72. The third-order valence-electron chi connectivity index (χ3n) is 2.45. The quantitative estimate of drug-likeness (QED) is 0.623. The van der Waals surface area contributed by atoms with Gasteiger partial charge in [0.2, 0.25) is 5.75 Å². The SMILES string of the molecule is CCCCOC(=O)c1cc(OC)c(O)c(OC)c1. The maximum Gasteiger partial charge on any atom is 0.338 e. The van der Waals surface area contributed by atoms with Crippen LogP contribution in [0, 0.1) is 0 Å². The number of carbonyl (C=O) groups excluding carboxylic acids is 1. The standard InChI is InChI=1S/C13H18O5/c1-4-5-6-18-13(15)9-7-10(16-2)12(14)11(8-9)17-3/h7-8,14H,4-6H2,1-3H3. The van der Waals surface area contributed by atoms with E-state index in [2.05, 4.69) is 0 Å². The van der Waals surface area contributed by atoms with Crippen molar-refractivity contribution in [1.29, 1.82) is 0 Å². The van der Waals surface area contributed by atoms with Gasteiger partial charge >= 0.3 is 5.97 Å². The minimum absolute atomic E-state index is 0.134. The van der Waals surface area contributed by atoms with E-state index in [0.717, 1.165) is 12.8 Å². The minimum Gasteiger partial charge on any atom is -0.502 e. The molecule has 0 saturated carbocycles. The molecule has 1 aromatic rings. The van der Waals surface area contributed by atoms with Crippen molar-refractivity contribution in [2.24, 2.45) is 0 Å². The molecule has 18 heavy (non-hydrogen) atoms. The Morgan fingerprint density at radius 1 is 1.22 bits per heavy atom. The number of benzene rings is 1. The largest absolute Gasteiger partial charge is 0.502 e. The van der Waals surface area contributed by atoms with Gasteiger partial charge in [0.25, 0.3) is 0 Å². The summed E-state index contributed by atoms with van der Waals surface area (Å²) in [5.41, 5.74) is 0.289. The second-order valence-electron chi connectivity index (χ2n) is 3.72. The van der Waals surface area contributed by atoms with Gasteiger partial charge < -0.3 is 19.3 Å². The summed E-state index contributed by atoms with van der Waals surface area (Å²) in [6.07, 6.45) is 1.77. The zero-order chi connectivity index (χ0) is 13.5. The maximum absolute atomic E-state index is 11.8. The number of unbranched alkanes of at least 4 members (excludes halogenated alkanes) is 1. The van der Waals surface area contributed by atoms with Crippen molar-refractivity contribution in [2.45, 2.75) is 19.8 Å². The van der Waals surface area contributed by atoms with Gasteiger partial charge in [-0.3, -0.25) is 0 Å². The van der Waals surface area contributed by atoms with Crippen LogP contribution >= 0.6 is 0 Å². The molecule has 0 atom stereocenters. The van der Waals surface area contributed by atoms with Gasteiger partial charge in [0.1, 0.15) is 0 Å². The molecule has 1 aromatic carbocycles. The monoisotopic (exact) mass is 254 g/mol. The molecule has 5 heteroatoms. The highest BCUT2D eigenvalue weighted by molar-refractivity contribution is 5.91. The summed E-state index contributed by atoms with van der Waals surface area (Å²) in [4.78, 5) is 11.8. The molecule has 5 nitrogen and oxygen atoms in total. The molecular weight excluding hydrogens is 236 g/mol. The first kappa shape index (κ1) is 14.2. The van der Waals surface area contributed by atoms with Crippen LogP contribution in [0.4, 0.5) is 0 Å². The fraction of sp³-hybridized carbons (Fsp3) is 0.462. The van der Waals surface area contributed by atoms with Crippen LogP contribution in [0.25, 0.3) is 0 Å². The van der Waals surface area contributed by atoms with Gasteiger partial charge in [-0.25, -0.2) is 4.79 Å². The lowest BCUT2D eigenvalue weighted by Crippen LogP contribution is -2.07. The minimum atomic E-state index is -0.458. The number of carbonyl (C=O) groups is 1. The topological polar surface area (TPSA) is 65.0 Å². The Balaban J connectivity index is 2.91. The van der Waals surface area contributed by atoms with Crippen molar-refractivity contribution >= 4 is 5.97 Å². The van der Waals surface area contributed by atoms with Crippen molar-refractivity contribution in [3.05, 3.63) is 17.7 Å². The third-order valence-corrected chi connectivity index (χ3v) is 2.45. The number of methoxy groups -OCH3 is 2. The molecule has 0 spiro atoms. The molecule has 0 bridgehead atoms. The zero-order valence-corrected chi connectivity index (χ0v) is 10.9. The smallest absolute Gasteiger partial charge is 0.338 e. The summed E-state index contributed by atoms with van der Waals surface area (Å²) in [7, 11) is 2.81. The van der Waals surface area contributed by atoms with E-state index in [1.165, 1.54) is 26.4 Å². The van der Waals surface area contributed by atoms with Gasteiger partial charge in [-0.2, -0.15) is 0 Å². The van der Waals surface area contributed by atoms with Gasteiger partial charge in [0.05, 0.1) is 26.4 Å². The van der Waals surface area contributed by atoms with Crippen molar-refractivity contribution < 1.29 is 24.1 Å². The Labute approximate surface area is 106 Å². The number of hydrogen-bond acceptors (Lipinski definition) is 5.